The van der Waals surface area contributed by atoms with Gasteiger partial charge in [-0.25, -0.2) is 0 Å². The van der Waals surface area contributed by atoms with Crippen LogP contribution in [0.5, 0.6) is 0 Å². The molecule has 0 saturated heterocycles. The first-order chi connectivity index (χ1) is 7.11. The molecule has 1 heterocycles. The van der Waals surface area contributed by atoms with E-state index in [0.717, 1.165) is 31.1 Å². The van der Waals surface area contributed by atoms with Crippen LogP contribution in [0.15, 0.2) is 16.5 Å². The van der Waals surface area contributed by atoms with Crippen molar-refractivity contribution in [2.45, 2.75) is 26.8 Å². The molecular formula is C12H19NO2. The van der Waals surface area contributed by atoms with Crippen LogP contribution in [0, 0.1) is 5.92 Å². The van der Waals surface area contributed by atoms with Gasteiger partial charge in [0.2, 0.25) is 0 Å². The summed E-state index contributed by atoms with van der Waals surface area (Å²) in [5.74, 6) is 1.97. The summed E-state index contributed by atoms with van der Waals surface area (Å²) in [7, 11) is 2.06. The molecule has 0 aliphatic rings. The van der Waals surface area contributed by atoms with E-state index in [-0.39, 0.29) is 0 Å². The monoisotopic (exact) mass is 209 g/mol. The molecule has 1 aromatic heterocycles. The first kappa shape index (κ1) is 12.0. The highest BCUT2D eigenvalue weighted by Crippen LogP contribution is 2.09. The van der Waals surface area contributed by atoms with E-state index in [2.05, 4.69) is 25.8 Å². The molecule has 1 aromatic rings. The molecule has 0 bridgehead atoms. The number of nitrogens with zero attached hydrogens (tertiary/aromatic N) is 1. The van der Waals surface area contributed by atoms with Crippen LogP contribution in [-0.4, -0.2) is 24.8 Å². The first-order valence-corrected chi connectivity index (χ1v) is 5.34. The van der Waals surface area contributed by atoms with E-state index in [1.807, 2.05) is 6.07 Å². The number of hydrogen-bond donors (Lipinski definition) is 0. The topological polar surface area (TPSA) is 33.5 Å². The summed E-state index contributed by atoms with van der Waals surface area (Å²) in [6.07, 6.45) is 1.91. The molecule has 0 amide bonds. The van der Waals surface area contributed by atoms with Gasteiger partial charge in [-0.05, 0) is 38.1 Å². The molecule has 0 aromatic carbocycles. The van der Waals surface area contributed by atoms with Gasteiger partial charge in [0.05, 0.1) is 6.54 Å². The van der Waals surface area contributed by atoms with E-state index in [9.17, 15) is 4.79 Å². The highest BCUT2D eigenvalue weighted by atomic mass is 16.3. The van der Waals surface area contributed by atoms with Crippen molar-refractivity contribution in [1.82, 2.24) is 4.90 Å². The molecule has 15 heavy (non-hydrogen) atoms. The molecule has 1 rings (SSSR count). The summed E-state index contributed by atoms with van der Waals surface area (Å²) in [6.45, 7) is 6.24. The van der Waals surface area contributed by atoms with E-state index >= 15 is 0 Å². The largest absolute Gasteiger partial charge is 0.457 e. The van der Waals surface area contributed by atoms with E-state index in [1.165, 1.54) is 6.42 Å². The molecule has 3 heteroatoms. The zero-order valence-electron chi connectivity index (χ0n) is 9.69. The number of carbonyl (C=O) groups excluding carboxylic acids is 1. The maximum atomic E-state index is 10.4. The van der Waals surface area contributed by atoms with Crippen molar-refractivity contribution in [2.75, 3.05) is 13.6 Å². The molecule has 0 unspecified atom stereocenters. The Kier molecular flexibility index (Phi) is 4.56. The standard InChI is InChI=1S/C12H19NO2/c1-10(2)6-7-13(3)8-11-4-5-12(9-14)15-11/h4-5,9-10H,6-8H2,1-3H3. The average Bonchev–Trinajstić information content (AvgIpc) is 2.62. The lowest BCUT2D eigenvalue weighted by atomic mass is 10.1. The highest BCUT2D eigenvalue weighted by molar-refractivity contribution is 5.70. The van der Waals surface area contributed by atoms with Gasteiger partial charge < -0.3 is 4.42 Å². The van der Waals surface area contributed by atoms with Gasteiger partial charge in [-0.2, -0.15) is 0 Å². The van der Waals surface area contributed by atoms with Gasteiger partial charge in [0.25, 0.3) is 0 Å². The fraction of sp³-hybridized carbons (Fsp3) is 0.583. The summed E-state index contributed by atoms with van der Waals surface area (Å²) in [5, 5.41) is 0. The third-order valence-corrected chi connectivity index (χ3v) is 2.31. The number of furan rings is 1. The van der Waals surface area contributed by atoms with E-state index in [4.69, 9.17) is 4.42 Å². The van der Waals surface area contributed by atoms with Crippen LogP contribution in [0.2, 0.25) is 0 Å². The van der Waals surface area contributed by atoms with Crippen LogP contribution in [0.3, 0.4) is 0 Å². The van der Waals surface area contributed by atoms with Crippen molar-refractivity contribution in [2.24, 2.45) is 5.92 Å². The normalized spacial score (nSPS) is 11.3. The maximum absolute atomic E-state index is 10.4. The first-order valence-electron chi connectivity index (χ1n) is 5.34. The molecule has 84 valence electrons. The van der Waals surface area contributed by atoms with Crippen molar-refractivity contribution >= 4 is 6.29 Å². The number of aldehydes is 1. The Morgan fingerprint density at radius 1 is 1.47 bits per heavy atom. The lowest BCUT2D eigenvalue weighted by Crippen LogP contribution is -2.19. The van der Waals surface area contributed by atoms with Gasteiger partial charge in [-0.3, -0.25) is 9.69 Å². The Bertz CT molecular complexity index is 304. The molecule has 0 spiro atoms. The number of carbonyl (C=O) groups is 1. The Labute approximate surface area is 91.1 Å². The highest BCUT2D eigenvalue weighted by Gasteiger charge is 2.05. The second-order valence-corrected chi connectivity index (χ2v) is 4.34. The predicted molar refractivity (Wildman–Crippen MR) is 59.9 cm³/mol. The van der Waals surface area contributed by atoms with Crippen molar-refractivity contribution in [3.05, 3.63) is 23.7 Å². The van der Waals surface area contributed by atoms with Crippen LogP contribution in [0.1, 0.15) is 36.6 Å². The zero-order chi connectivity index (χ0) is 11.3. The summed E-state index contributed by atoms with van der Waals surface area (Å²) < 4.78 is 5.30. The molecule has 0 N–H and O–H groups in total. The summed E-state index contributed by atoms with van der Waals surface area (Å²) in [6, 6.07) is 3.56. The summed E-state index contributed by atoms with van der Waals surface area (Å²) in [5.41, 5.74) is 0. The van der Waals surface area contributed by atoms with Gasteiger partial charge >= 0.3 is 0 Å². The van der Waals surface area contributed by atoms with Gasteiger partial charge in [0.15, 0.2) is 12.0 Å². The maximum Gasteiger partial charge on any atom is 0.185 e. The van der Waals surface area contributed by atoms with Gasteiger partial charge in [0, 0.05) is 0 Å². The second kappa shape index (κ2) is 5.71. The fourth-order valence-corrected chi connectivity index (χ4v) is 1.37. The molecule has 0 radical (unpaired) electrons. The Hall–Kier alpha value is -1.09. The molecular weight excluding hydrogens is 190 g/mol. The number of rotatable bonds is 6. The second-order valence-electron chi connectivity index (χ2n) is 4.34. The lowest BCUT2D eigenvalue weighted by Gasteiger charge is -2.16. The van der Waals surface area contributed by atoms with E-state index < -0.39 is 0 Å². The molecule has 0 fully saturated rings. The minimum Gasteiger partial charge on any atom is -0.457 e. The van der Waals surface area contributed by atoms with E-state index in [0.29, 0.717) is 5.76 Å². The van der Waals surface area contributed by atoms with Crippen LogP contribution in [-0.2, 0) is 6.54 Å². The zero-order valence-corrected chi connectivity index (χ0v) is 9.69. The van der Waals surface area contributed by atoms with Crippen molar-refractivity contribution < 1.29 is 9.21 Å². The number of hydrogen-bond acceptors (Lipinski definition) is 3. The van der Waals surface area contributed by atoms with E-state index in [1.54, 1.807) is 6.07 Å². The van der Waals surface area contributed by atoms with Crippen LogP contribution in [0.4, 0.5) is 0 Å². The van der Waals surface area contributed by atoms with Crippen LogP contribution in [0.25, 0.3) is 0 Å². The third kappa shape index (κ3) is 4.30. The van der Waals surface area contributed by atoms with Crippen LogP contribution < -0.4 is 0 Å². The minimum absolute atomic E-state index is 0.405. The van der Waals surface area contributed by atoms with Gasteiger partial charge in [-0.1, -0.05) is 13.8 Å². The fourth-order valence-electron chi connectivity index (χ4n) is 1.37. The van der Waals surface area contributed by atoms with Crippen molar-refractivity contribution in [3.63, 3.8) is 0 Å². The van der Waals surface area contributed by atoms with Crippen LogP contribution >= 0.6 is 0 Å². The SMILES string of the molecule is CC(C)CCN(C)Cc1ccc(C=O)o1. The van der Waals surface area contributed by atoms with Gasteiger partial charge in [-0.15, -0.1) is 0 Å². The molecule has 0 aliphatic carbocycles. The third-order valence-electron chi connectivity index (χ3n) is 2.31. The van der Waals surface area contributed by atoms with Crippen molar-refractivity contribution in [3.8, 4) is 0 Å². The smallest absolute Gasteiger partial charge is 0.185 e. The van der Waals surface area contributed by atoms with Crippen molar-refractivity contribution in [1.29, 1.82) is 0 Å². The predicted octanol–water partition coefficient (Wildman–Crippen LogP) is 2.57. The average molecular weight is 209 g/mol. The minimum atomic E-state index is 0.405. The Balaban J connectivity index is 2.37. The molecule has 0 saturated carbocycles. The summed E-state index contributed by atoms with van der Waals surface area (Å²) >= 11 is 0. The lowest BCUT2D eigenvalue weighted by molar-refractivity contribution is 0.109. The molecule has 0 atom stereocenters. The molecule has 3 nitrogen and oxygen atoms in total. The van der Waals surface area contributed by atoms with Gasteiger partial charge in [0.1, 0.15) is 5.76 Å². The molecule has 0 aliphatic heterocycles. The quantitative estimate of drug-likeness (QED) is 0.675. The summed E-state index contributed by atoms with van der Waals surface area (Å²) in [4.78, 5) is 12.6. The Morgan fingerprint density at radius 3 is 2.73 bits per heavy atom. The Morgan fingerprint density at radius 2 is 2.20 bits per heavy atom.